The minimum absolute atomic E-state index is 0.0654. The van der Waals surface area contributed by atoms with Gasteiger partial charge in [-0.2, -0.15) is 0 Å². The third kappa shape index (κ3) is 5.22. The standard InChI is InChI=1S/C24H21N3O4S/c1-15-6-5-7-18(12-15)31-21-9-4-3-8-20(21)26-22(28)13-17-14-32-24(25-17)27-23(29)19-10-11-30-16(19)2/h3-12,14H,13H2,1-2H3,(H,26,28)(H,25,27,29). The van der Waals surface area contributed by atoms with Crippen LogP contribution in [0.3, 0.4) is 0 Å². The number of furan rings is 1. The number of aryl methyl sites for hydroxylation is 2. The number of hydrogen-bond acceptors (Lipinski definition) is 6. The highest BCUT2D eigenvalue weighted by Crippen LogP contribution is 2.30. The number of rotatable bonds is 7. The van der Waals surface area contributed by atoms with Gasteiger partial charge in [-0.3, -0.25) is 14.9 Å². The molecular weight excluding hydrogens is 426 g/mol. The number of carbonyl (C=O) groups excluding carboxylic acids is 2. The van der Waals surface area contributed by atoms with Crippen LogP contribution in [-0.2, 0) is 11.2 Å². The van der Waals surface area contributed by atoms with Gasteiger partial charge in [-0.15, -0.1) is 11.3 Å². The number of amides is 2. The van der Waals surface area contributed by atoms with Crippen LogP contribution >= 0.6 is 11.3 Å². The van der Waals surface area contributed by atoms with E-state index in [4.69, 9.17) is 9.15 Å². The van der Waals surface area contributed by atoms with Crippen molar-refractivity contribution in [2.45, 2.75) is 20.3 Å². The van der Waals surface area contributed by atoms with Crippen molar-refractivity contribution in [1.82, 2.24) is 4.98 Å². The van der Waals surface area contributed by atoms with Crippen molar-refractivity contribution in [1.29, 1.82) is 0 Å². The Morgan fingerprint density at radius 3 is 2.69 bits per heavy atom. The Labute approximate surface area is 189 Å². The minimum Gasteiger partial charge on any atom is -0.469 e. The molecule has 162 valence electrons. The Bertz CT molecular complexity index is 1260. The molecule has 4 aromatic rings. The van der Waals surface area contributed by atoms with E-state index in [0.717, 1.165) is 5.56 Å². The second-order valence-electron chi connectivity index (χ2n) is 7.13. The predicted octanol–water partition coefficient (Wildman–Crippen LogP) is 5.58. The van der Waals surface area contributed by atoms with Crippen molar-refractivity contribution in [3.8, 4) is 11.5 Å². The molecule has 2 aromatic carbocycles. The fourth-order valence-electron chi connectivity index (χ4n) is 3.05. The van der Waals surface area contributed by atoms with E-state index in [-0.39, 0.29) is 18.2 Å². The van der Waals surface area contributed by atoms with Gasteiger partial charge < -0.3 is 14.5 Å². The number of thiazole rings is 1. The van der Waals surface area contributed by atoms with Gasteiger partial charge in [-0.1, -0.05) is 24.3 Å². The maximum Gasteiger partial charge on any atom is 0.260 e. The van der Waals surface area contributed by atoms with Crippen molar-refractivity contribution in [2.24, 2.45) is 0 Å². The van der Waals surface area contributed by atoms with Gasteiger partial charge in [0.05, 0.1) is 29.6 Å². The summed E-state index contributed by atoms with van der Waals surface area (Å²) in [6.45, 7) is 3.70. The third-order valence-electron chi connectivity index (χ3n) is 4.60. The highest BCUT2D eigenvalue weighted by Gasteiger charge is 2.15. The average Bonchev–Trinajstić information content (AvgIpc) is 3.38. The van der Waals surface area contributed by atoms with Gasteiger partial charge in [0.1, 0.15) is 11.5 Å². The summed E-state index contributed by atoms with van der Waals surface area (Å²) in [5, 5.41) is 7.76. The lowest BCUT2D eigenvalue weighted by Crippen LogP contribution is -2.15. The number of hydrogen-bond donors (Lipinski definition) is 2. The molecule has 2 heterocycles. The quantitative estimate of drug-likeness (QED) is 0.386. The Balaban J connectivity index is 1.38. The lowest BCUT2D eigenvalue weighted by atomic mass is 10.2. The molecule has 0 unspecified atom stereocenters. The van der Waals surface area contributed by atoms with Crippen LogP contribution in [0, 0.1) is 13.8 Å². The number of anilines is 2. The molecule has 2 N–H and O–H groups in total. The Morgan fingerprint density at radius 1 is 1.06 bits per heavy atom. The highest BCUT2D eigenvalue weighted by molar-refractivity contribution is 7.14. The molecule has 0 aliphatic rings. The van der Waals surface area contributed by atoms with Crippen molar-refractivity contribution in [2.75, 3.05) is 10.6 Å². The maximum absolute atomic E-state index is 12.6. The summed E-state index contributed by atoms with van der Waals surface area (Å²) in [5.41, 5.74) is 2.66. The fourth-order valence-corrected chi connectivity index (χ4v) is 3.76. The first-order valence-electron chi connectivity index (χ1n) is 9.91. The van der Waals surface area contributed by atoms with Gasteiger partial charge in [0.2, 0.25) is 5.91 Å². The monoisotopic (exact) mass is 447 g/mol. The number of benzene rings is 2. The van der Waals surface area contributed by atoms with E-state index in [1.165, 1.54) is 17.6 Å². The van der Waals surface area contributed by atoms with E-state index in [1.54, 1.807) is 30.5 Å². The van der Waals surface area contributed by atoms with Crippen LogP contribution in [0.15, 0.2) is 70.7 Å². The summed E-state index contributed by atoms with van der Waals surface area (Å²) in [6.07, 6.45) is 1.53. The predicted molar refractivity (Wildman–Crippen MR) is 124 cm³/mol. The molecule has 0 aliphatic heterocycles. The van der Waals surface area contributed by atoms with Gasteiger partial charge >= 0.3 is 0 Å². The molecule has 0 fully saturated rings. The smallest absolute Gasteiger partial charge is 0.260 e. The van der Waals surface area contributed by atoms with Crippen LogP contribution in [0.4, 0.5) is 10.8 Å². The Hall–Kier alpha value is -3.91. The molecule has 0 aliphatic carbocycles. The van der Waals surface area contributed by atoms with Crippen LogP contribution in [0.2, 0.25) is 0 Å². The van der Waals surface area contributed by atoms with Gasteiger partial charge in [-0.05, 0) is 49.7 Å². The first-order chi connectivity index (χ1) is 15.5. The van der Waals surface area contributed by atoms with E-state index < -0.39 is 0 Å². The molecule has 2 aromatic heterocycles. The second-order valence-corrected chi connectivity index (χ2v) is 7.99. The topological polar surface area (TPSA) is 93.5 Å². The summed E-state index contributed by atoms with van der Waals surface area (Å²) < 4.78 is 11.1. The van der Waals surface area contributed by atoms with E-state index in [0.29, 0.717) is 39.3 Å². The molecule has 0 saturated carbocycles. The summed E-state index contributed by atoms with van der Waals surface area (Å²) in [6, 6.07) is 16.5. The van der Waals surface area contributed by atoms with Gasteiger partial charge in [-0.25, -0.2) is 4.98 Å². The van der Waals surface area contributed by atoms with Gasteiger partial charge in [0.25, 0.3) is 5.91 Å². The second kappa shape index (κ2) is 9.49. The Morgan fingerprint density at radius 2 is 1.91 bits per heavy atom. The first kappa shape index (κ1) is 21.3. The maximum atomic E-state index is 12.6. The van der Waals surface area contributed by atoms with E-state index in [1.807, 2.05) is 43.3 Å². The summed E-state index contributed by atoms with van der Waals surface area (Å²) in [4.78, 5) is 29.2. The zero-order valence-corrected chi connectivity index (χ0v) is 18.4. The van der Waals surface area contributed by atoms with Gasteiger partial charge in [0, 0.05) is 5.38 Å². The molecule has 0 saturated heterocycles. The molecular formula is C24H21N3O4S. The first-order valence-corrected chi connectivity index (χ1v) is 10.8. The van der Waals surface area contributed by atoms with Crippen molar-refractivity contribution >= 4 is 34.0 Å². The van der Waals surface area contributed by atoms with E-state index in [9.17, 15) is 9.59 Å². The molecule has 4 rings (SSSR count). The summed E-state index contributed by atoms with van der Waals surface area (Å²) in [7, 11) is 0. The molecule has 0 bridgehead atoms. The summed E-state index contributed by atoms with van der Waals surface area (Å²) in [5.74, 6) is 1.24. The van der Waals surface area contributed by atoms with Crippen molar-refractivity contribution in [3.63, 3.8) is 0 Å². The zero-order chi connectivity index (χ0) is 22.5. The number of nitrogens with one attached hydrogen (secondary N) is 2. The Kier molecular flexibility index (Phi) is 6.32. The molecule has 8 heteroatoms. The molecule has 0 atom stereocenters. The minimum atomic E-state index is -0.302. The average molecular weight is 448 g/mol. The van der Waals surface area contributed by atoms with E-state index in [2.05, 4.69) is 15.6 Å². The van der Waals surface area contributed by atoms with Crippen molar-refractivity contribution in [3.05, 3.63) is 88.8 Å². The van der Waals surface area contributed by atoms with Crippen LogP contribution in [-0.4, -0.2) is 16.8 Å². The molecule has 7 nitrogen and oxygen atoms in total. The van der Waals surface area contributed by atoms with Crippen LogP contribution in [0.5, 0.6) is 11.5 Å². The lowest BCUT2D eigenvalue weighted by Gasteiger charge is -2.12. The number of ether oxygens (including phenoxy) is 1. The molecule has 2 amide bonds. The molecule has 32 heavy (non-hydrogen) atoms. The summed E-state index contributed by atoms with van der Waals surface area (Å²) >= 11 is 1.26. The lowest BCUT2D eigenvalue weighted by molar-refractivity contribution is -0.115. The third-order valence-corrected chi connectivity index (χ3v) is 5.40. The van der Waals surface area contributed by atoms with Crippen LogP contribution in [0.1, 0.15) is 27.4 Å². The number of nitrogens with zero attached hydrogens (tertiary/aromatic N) is 1. The number of aromatic nitrogens is 1. The molecule has 0 radical (unpaired) electrons. The number of carbonyl (C=O) groups is 2. The largest absolute Gasteiger partial charge is 0.469 e. The number of para-hydroxylation sites is 2. The molecule has 0 spiro atoms. The van der Waals surface area contributed by atoms with Crippen LogP contribution in [0.25, 0.3) is 0 Å². The highest BCUT2D eigenvalue weighted by atomic mass is 32.1. The SMILES string of the molecule is Cc1cccc(Oc2ccccc2NC(=O)Cc2csc(NC(=O)c3ccoc3C)n2)c1. The van der Waals surface area contributed by atoms with Gasteiger partial charge in [0.15, 0.2) is 10.9 Å². The normalized spacial score (nSPS) is 10.6. The van der Waals surface area contributed by atoms with Crippen LogP contribution < -0.4 is 15.4 Å². The van der Waals surface area contributed by atoms with Crippen molar-refractivity contribution < 1.29 is 18.7 Å². The van der Waals surface area contributed by atoms with E-state index >= 15 is 0 Å². The fraction of sp³-hybridized carbons (Fsp3) is 0.125. The zero-order valence-electron chi connectivity index (χ0n) is 17.5.